The first kappa shape index (κ1) is 16.0. The first-order valence-electron chi connectivity index (χ1n) is 7.22. The highest BCUT2D eigenvalue weighted by molar-refractivity contribution is 5.86. The molecule has 0 spiro atoms. The molecule has 110 valence electrons. The maximum Gasteiger partial charge on any atom is 0.240 e. The summed E-state index contributed by atoms with van der Waals surface area (Å²) in [7, 11) is 0. The molecule has 0 aromatic carbocycles. The molecule has 0 aromatic rings. The normalized spacial score (nSPS) is 25.1. The van der Waals surface area contributed by atoms with Crippen LogP contribution in [0.4, 0.5) is 0 Å². The van der Waals surface area contributed by atoms with Gasteiger partial charge in [0, 0.05) is 6.42 Å². The Morgan fingerprint density at radius 1 is 1.16 bits per heavy atom. The van der Waals surface area contributed by atoms with Gasteiger partial charge < -0.3 is 16.8 Å². The molecule has 1 aliphatic rings. The second-order valence-corrected chi connectivity index (χ2v) is 6.02. The van der Waals surface area contributed by atoms with Gasteiger partial charge in [0.2, 0.25) is 11.8 Å². The zero-order chi connectivity index (χ0) is 14.4. The molecule has 1 fully saturated rings. The molecule has 0 radical (unpaired) electrons. The molecule has 0 bridgehead atoms. The van der Waals surface area contributed by atoms with Crippen molar-refractivity contribution in [3.05, 3.63) is 0 Å². The van der Waals surface area contributed by atoms with Crippen LogP contribution in [0.15, 0.2) is 0 Å². The Bertz CT molecular complexity index is 310. The molecular weight excluding hydrogens is 242 g/mol. The van der Waals surface area contributed by atoms with Gasteiger partial charge in [-0.1, -0.05) is 13.8 Å². The number of carbonyl (C=O) groups excluding carboxylic acids is 2. The predicted molar refractivity (Wildman–Crippen MR) is 75.1 cm³/mol. The third-order valence-electron chi connectivity index (χ3n) is 4.06. The highest BCUT2D eigenvalue weighted by Gasteiger charge is 2.25. The summed E-state index contributed by atoms with van der Waals surface area (Å²) in [6.45, 7) is 4.50. The lowest BCUT2D eigenvalue weighted by Crippen LogP contribution is -2.48. The van der Waals surface area contributed by atoms with Crippen LogP contribution in [-0.4, -0.2) is 24.4 Å². The highest BCUT2D eigenvalue weighted by Crippen LogP contribution is 2.30. The van der Waals surface area contributed by atoms with Crippen LogP contribution in [0.25, 0.3) is 0 Å². The first-order chi connectivity index (χ1) is 8.93. The van der Waals surface area contributed by atoms with Crippen molar-refractivity contribution in [1.82, 2.24) is 5.32 Å². The van der Waals surface area contributed by atoms with E-state index < -0.39 is 11.9 Å². The zero-order valence-corrected chi connectivity index (χ0v) is 12.0. The molecule has 19 heavy (non-hydrogen) atoms. The molecule has 0 saturated heterocycles. The van der Waals surface area contributed by atoms with E-state index in [1.54, 1.807) is 0 Å². The van der Waals surface area contributed by atoms with Gasteiger partial charge in [-0.25, -0.2) is 0 Å². The molecule has 1 atom stereocenters. The second-order valence-electron chi connectivity index (χ2n) is 6.02. The van der Waals surface area contributed by atoms with Crippen LogP contribution in [0.2, 0.25) is 0 Å². The summed E-state index contributed by atoms with van der Waals surface area (Å²) in [5, 5.41) is 2.75. The van der Waals surface area contributed by atoms with E-state index in [-0.39, 0.29) is 11.8 Å². The standard InChI is InChI=1S/C14H27N3O2/c1-9(2)13(14(16)19)17-12(18)7-10-3-5-11(8-15)6-4-10/h9-11,13H,3-8,15H2,1-2H3,(H2,16,19)(H,17,18). The summed E-state index contributed by atoms with van der Waals surface area (Å²) in [6, 6.07) is -0.562. The Kier molecular flexibility index (Phi) is 6.28. The number of hydrogen-bond donors (Lipinski definition) is 3. The fourth-order valence-electron chi connectivity index (χ4n) is 2.73. The van der Waals surface area contributed by atoms with Crippen molar-refractivity contribution < 1.29 is 9.59 Å². The van der Waals surface area contributed by atoms with Gasteiger partial charge in [-0.2, -0.15) is 0 Å². The lowest BCUT2D eigenvalue weighted by Gasteiger charge is -2.28. The van der Waals surface area contributed by atoms with E-state index in [0.717, 1.165) is 32.2 Å². The molecule has 1 aliphatic carbocycles. The molecule has 1 rings (SSSR count). The van der Waals surface area contributed by atoms with Crippen molar-refractivity contribution in [2.75, 3.05) is 6.54 Å². The van der Waals surface area contributed by atoms with Gasteiger partial charge >= 0.3 is 0 Å². The molecule has 0 aliphatic heterocycles. The van der Waals surface area contributed by atoms with Crippen LogP contribution in [0.1, 0.15) is 46.0 Å². The van der Waals surface area contributed by atoms with E-state index >= 15 is 0 Å². The highest BCUT2D eigenvalue weighted by atomic mass is 16.2. The minimum Gasteiger partial charge on any atom is -0.368 e. The van der Waals surface area contributed by atoms with Crippen molar-refractivity contribution in [2.24, 2.45) is 29.2 Å². The number of nitrogens with one attached hydrogen (secondary N) is 1. The van der Waals surface area contributed by atoms with Crippen LogP contribution in [0.5, 0.6) is 0 Å². The van der Waals surface area contributed by atoms with E-state index in [1.165, 1.54) is 0 Å². The van der Waals surface area contributed by atoms with Crippen molar-refractivity contribution >= 4 is 11.8 Å². The predicted octanol–water partition coefficient (Wildman–Crippen LogP) is 0.768. The molecule has 0 heterocycles. The molecule has 5 nitrogen and oxygen atoms in total. The van der Waals surface area contributed by atoms with E-state index in [1.807, 2.05) is 13.8 Å². The van der Waals surface area contributed by atoms with Crippen molar-refractivity contribution in [1.29, 1.82) is 0 Å². The maximum absolute atomic E-state index is 11.9. The summed E-state index contributed by atoms with van der Waals surface area (Å²) in [6.07, 6.45) is 4.82. The molecule has 5 N–H and O–H groups in total. The summed E-state index contributed by atoms with van der Waals surface area (Å²) in [4.78, 5) is 23.2. The Morgan fingerprint density at radius 2 is 1.68 bits per heavy atom. The molecule has 0 aromatic heterocycles. The van der Waals surface area contributed by atoms with Gasteiger partial charge in [-0.05, 0) is 50.0 Å². The fraction of sp³-hybridized carbons (Fsp3) is 0.857. The summed E-state index contributed by atoms with van der Waals surface area (Å²) in [5.74, 6) is 0.537. The number of hydrogen-bond acceptors (Lipinski definition) is 3. The number of nitrogens with two attached hydrogens (primary N) is 2. The van der Waals surface area contributed by atoms with Crippen LogP contribution < -0.4 is 16.8 Å². The van der Waals surface area contributed by atoms with Gasteiger partial charge in [-0.3, -0.25) is 9.59 Å². The Morgan fingerprint density at radius 3 is 2.11 bits per heavy atom. The number of carbonyl (C=O) groups is 2. The number of primary amides is 1. The Balaban J connectivity index is 2.37. The number of amides is 2. The Hall–Kier alpha value is -1.10. The molecular formula is C14H27N3O2. The lowest BCUT2D eigenvalue weighted by atomic mass is 9.80. The molecule has 5 heteroatoms. The zero-order valence-electron chi connectivity index (χ0n) is 12.0. The number of rotatable bonds is 6. The van der Waals surface area contributed by atoms with E-state index in [0.29, 0.717) is 18.3 Å². The average molecular weight is 269 g/mol. The quantitative estimate of drug-likeness (QED) is 0.664. The van der Waals surface area contributed by atoms with E-state index in [2.05, 4.69) is 5.32 Å². The lowest BCUT2D eigenvalue weighted by molar-refractivity contribution is -0.129. The average Bonchev–Trinajstić information content (AvgIpc) is 2.36. The smallest absolute Gasteiger partial charge is 0.240 e. The summed E-state index contributed by atoms with van der Waals surface area (Å²) < 4.78 is 0. The van der Waals surface area contributed by atoms with E-state index in [4.69, 9.17) is 11.5 Å². The first-order valence-corrected chi connectivity index (χ1v) is 7.22. The van der Waals surface area contributed by atoms with Crippen LogP contribution >= 0.6 is 0 Å². The minimum atomic E-state index is -0.562. The Labute approximate surface area is 115 Å². The summed E-state index contributed by atoms with van der Waals surface area (Å²) in [5.41, 5.74) is 10.9. The van der Waals surface area contributed by atoms with Crippen molar-refractivity contribution in [3.63, 3.8) is 0 Å². The third kappa shape index (κ3) is 5.19. The van der Waals surface area contributed by atoms with Crippen molar-refractivity contribution in [2.45, 2.75) is 52.0 Å². The van der Waals surface area contributed by atoms with Gasteiger partial charge in [0.05, 0.1) is 0 Å². The fourth-order valence-corrected chi connectivity index (χ4v) is 2.73. The van der Waals surface area contributed by atoms with Crippen LogP contribution in [0, 0.1) is 17.8 Å². The SMILES string of the molecule is CC(C)C(NC(=O)CC1CCC(CN)CC1)C(N)=O. The van der Waals surface area contributed by atoms with Gasteiger partial charge in [-0.15, -0.1) is 0 Å². The maximum atomic E-state index is 11.9. The van der Waals surface area contributed by atoms with Gasteiger partial charge in [0.1, 0.15) is 6.04 Å². The van der Waals surface area contributed by atoms with Crippen molar-refractivity contribution in [3.8, 4) is 0 Å². The minimum absolute atomic E-state index is 0.0226. The van der Waals surface area contributed by atoms with E-state index in [9.17, 15) is 9.59 Å². The summed E-state index contributed by atoms with van der Waals surface area (Å²) >= 11 is 0. The van der Waals surface area contributed by atoms with Crippen LogP contribution in [0.3, 0.4) is 0 Å². The van der Waals surface area contributed by atoms with Gasteiger partial charge in [0.25, 0.3) is 0 Å². The van der Waals surface area contributed by atoms with Crippen LogP contribution in [-0.2, 0) is 9.59 Å². The van der Waals surface area contributed by atoms with Gasteiger partial charge in [0.15, 0.2) is 0 Å². The second kappa shape index (κ2) is 7.48. The molecule has 1 unspecified atom stereocenters. The molecule has 1 saturated carbocycles. The monoisotopic (exact) mass is 269 g/mol. The molecule has 2 amide bonds. The third-order valence-corrected chi connectivity index (χ3v) is 4.06. The topological polar surface area (TPSA) is 98.2 Å². The largest absolute Gasteiger partial charge is 0.368 e.